The van der Waals surface area contributed by atoms with Crippen LogP contribution in [0.1, 0.15) is 0 Å². The topological polar surface area (TPSA) is 51.8 Å². The summed E-state index contributed by atoms with van der Waals surface area (Å²) in [5.74, 6) is 1.93. The number of fused-ring (bicyclic) bond motifs is 8. The van der Waals surface area contributed by atoms with Crippen molar-refractivity contribution >= 4 is 64.2 Å². The number of thiophene rings is 1. The quantitative estimate of drug-likeness (QED) is 0.179. The zero-order chi connectivity index (χ0) is 35.6. The van der Waals surface area contributed by atoms with Gasteiger partial charge in [0.2, 0.25) is 0 Å². The van der Waals surface area contributed by atoms with Gasteiger partial charge in [0, 0.05) is 53.0 Å². The number of furan rings is 1. The SMILES string of the molecule is c1ccc(-c2nc(-c3cccc(-c4cc5c6ccccc6oc5c5c(-c6ccccc6)cccc45)c3)nc(-c3cccc4c3sc3ccccc34)n2)cc1. The molecule has 0 aliphatic rings. The number of hydrogen-bond donors (Lipinski definition) is 0. The van der Waals surface area contributed by atoms with E-state index in [4.69, 9.17) is 19.4 Å². The van der Waals surface area contributed by atoms with E-state index in [-0.39, 0.29) is 0 Å². The highest BCUT2D eigenvalue weighted by Crippen LogP contribution is 2.44. The summed E-state index contributed by atoms with van der Waals surface area (Å²) >= 11 is 1.78. The smallest absolute Gasteiger partial charge is 0.165 e. The zero-order valence-corrected chi connectivity index (χ0v) is 29.7. The Kier molecular flexibility index (Phi) is 7.00. The van der Waals surface area contributed by atoms with E-state index in [1.54, 1.807) is 11.3 Å². The predicted molar refractivity (Wildman–Crippen MR) is 225 cm³/mol. The Hall–Kier alpha value is -6.95. The molecule has 8 aromatic carbocycles. The molecule has 0 aliphatic heterocycles. The minimum atomic E-state index is 0.628. The molecule has 0 radical (unpaired) electrons. The number of benzene rings is 8. The van der Waals surface area contributed by atoms with Gasteiger partial charge < -0.3 is 4.42 Å². The van der Waals surface area contributed by atoms with Gasteiger partial charge in [0.15, 0.2) is 17.5 Å². The van der Waals surface area contributed by atoms with Gasteiger partial charge in [-0.2, -0.15) is 0 Å². The maximum absolute atomic E-state index is 6.65. The summed E-state index contributed by atoms with van der Waals surface area (Å²) in [6.45, 7) is 0. The highest BCUT2D eigenvalue weighted by molar-refractivity contribution is 7.26. The maximum atomic E-state index is 6.65. The van der Waals surface area contributed by atoms with Crippen LogP contribution in [0.15, 0.2) is 180 Å². The van der Waals surface area contributed by atoms with Crippen LogP contribution in [-0.4, -0.2) is 15.0 Å². The lowest BCUT2D eigenvalue weighted by molar-refractivity contribution is 0.673. The van der Waals surface area contributed by atoms with Crippen molar-refractivity contribution in [2.24, 2.45) is 0 Å². The Labute approximate surface area is 314 Å². The number of nitrogens with zero attached hydrogens (tertiary/aromatic N) is 3. The van der Waals surface area contributed by atoms with Crippen LogP contribution in [0.3, 0.4) is 0 Å². The van der Waals surface area contributed by atoms with E-state index in [1.165, 1.54) is 20.2 Å². The maximum Gasteiger partial charge on any atom is 0.165 e. The van der Waals surface area contributed by atoms with E-state index < -0.39 is 0 Å². The summed E-state index contributed by atoms with van der Waals surface area (Å²) in [5.41, 5.74) is 9.12. The van der Waals surface area contributed by atoms with Crippen LogP contribution in [0.2, 0.25) is 0 Å². The van der Waals surface area contributed by atoms with Crippen molar-refractivity contribution in [3.63, 3.8) is 0 Å². The van der Waals surface area contributed by atoms with Crippen molar-refractivity contribution in [3.05, 3.63) is 176 Å². The van der Waals surface area contributed by atoms with E-state index in [0.29, 0.717) is 17.5 Å². The van der Waals surface area contributed by atoms with Gasteiger partial charge in [-0.3, -0.25) is 0 Å². The lowest BCUT2D eigenvalue weighted by Crippen LogP contribution is -2.00. The third-order valence-electron chi connectivity index (χ3n) is 10.3. The second-order valence-electron chi connectivity index (χ2n) is 13.5. The third-order valence-corrected chi connectivity index (χ3v) is 11.6. The fraction of sp³-hybridized carbons (Fsp3) is 0. The van der Waals surface area contributed by atoms with Crippen molar-refractivity contribution < 1.29 is 4.42 Å². The summed E-state index contributed by atoms with van der Waals surface area (Å²) < 4.78 is 9.06. The number of hydrogen-bond acceptors (Lipinski definition) is 5. The molecule has 0 aliphatic carbocycles. The number of rotatable bonds is 5. The fourth-order valence-electron chi connectivity index (χ4n) is 7.83. The molecule has 3 heterocycles. The van der Waals surface area contributed by atoms with Gasteiger partial charge in [0.1, 0.15) is 11.2 Å². The predicted octanol–water partition coefficient (Wildman–Crippen LogP) is 13.6. The molecule has 3 aromatic heterocycles. The van der Waals surface area contributed by atoms with Crippen LogP contribution in [0.4, 0.5) is 0 Å². The third kappa shape index (κ3) is 4.94. The Morgan fingerprint density at radius 1 is 0.370 bits per heavy atom. The van der Waals surface area contributed by atoms with Crippen LogP contribution in [0, 0.1) is 0 Å². The Morgan fingerprint density at radius 2 is 0.963 bits per heavy atom. The first-order chi connectivity index (χ1) is 26.8. The normalized spacial score (nSPS) is 11.7. The standard InChI is InChI=1S/C49H29N3OS/c1-3-14-30(15-4-1)34-22-12-23-37-40(29-41-35-20-7-9-26-42(35)53-45(41)44(34)37)32-18-11-19-33(28-32)48-50-47(31-16-5-2-6-17-31)51-49(52-48)39-25-13-24-38-36-21-8-10-27-43(36)54-46(38)39/h1-29H. The minimum absolute atomic E-state index is 0.628. The molecular weight excluding hydrogens is 679 g/mol. The molecular formula is C49H29N3OS. The lowest BCUT2D eigenvalue weighted by Gasteiger charge is -2.14. The largest absolute Gasteiger partial charge is 0.455 e. The number of aromatic nitrogens is 3. The van der Waals surface area contributed by atoms with Crippen LogP contribution >= 0.6 is 11.3 Å². The molecule has 0 saturated carbocycles. The monoisotopic (exact) mass is 707 g/mol. The van der Waals surface area contributed by atoms with E-state index in [9.17, 15) is 0 Å². The summed E-state index contributed by atoms with van der Waals surface area (Å²) in [7, 11) is 0. The molecule has 252 valence electrons. The zero-order valence-electron chi connectivity index (χ0n) is 28.9. The van der Waals surface area contributed by atoms with Crippen molar-refractivity contribution in [2.45, 2.75) is 0 Å². The average Bonchev–Trinajstić information content (AvgIpc) is 3.82. The van der Waals surface area contributed by atoms with Crippen molar-refractivity contribution in [1.82, 2.24) is 15.0 Å². The Morgan fingerprint density at radius 3 is 1.80 bits per heavy atom. The summed E-state index contributed by atoms with van der Waals surface area (Å²) in [6.07, 6.45) is 0. The highest BCUT2D eigenvalue weighted by atomic mass is 32.1. The first-order valence-corrected chi connectivity index (χ1v) is 18.8. The number of para-hydroxylation sites is 1. The fourth-order valence-corrected chi connectivity index (χ4v) is 9.04. The van der Waals surface area contributed by atoms with Gasteiger partial charge in [-0.05, 0) is 58.0 Å². The second kappa shape index (κ2) is 12.3. The molecule has 54 heavy (non-hydrogen) atoms. The molecule has 0 bridgehead atoms. The van der Waals surface area contributed by atoms with Crippen LogP contribution in [0.5, 0.6) is 0 Å². The van der Waals surface area contributed by atoms with Gasteiger partial charge in [-0.1, -0.05) is 146 Å². The van der Waals surface area contributed by atoms with Gasteiger partial charge in [0.25, 0.3) is 0 Å². The lowest BCUT2D eigenvalue weighted by atomic mass is 9.90. The molecule has 4 nitrogen and oxygen atoms in total. The molecule has 0 amide bonds. The summed E-state index contributed by atoms with van der Waals surface area (Å²) in [6, 6.07) is 61.5. The average molecular weight is 708 g/mol. The van der Waals surface area contributed by atoms with Crippen LogP contribution in [0.25, 0.3) is 109 Å². The van der Waals surface area contributed by atoms with E-state index in [2.05, 4.69) is 152 Å². The van der Waals surface area contributed by atoms with E-state index in [1.807, 2.05) is 24.3 Å². The Bertz CT molecular complexity index is 3220. The van der Waals surface area contributed by atoms with Gasteiger partial charge in [0.05, 0.1) is 0 Å². The minimum Gasteiger partial charge on any atom is -0.455 e. The summed E-state index contributed by atoms with van der Waals surface area (Å²) in [5, 5.41) is 6.87. The molecule has 11 aromatic rings. The molecule has 0 fully saturated rings. The van der Waals surface area contributed by atoms with Crippen LogP contribution < -0.4 is 0 Å². The second-order valence-corrected chi connectivity index (χ2v) is 14.6. The molecule has 11 rings (SSSR count). The van der Waals surface area contributed by atoms with E-state index >= 15 is 0 Å². The van der Waals surface area contributed by atoms with Gasteiger partial charge in [-0.25, -0.2) is 15.0 Å². The molecule has 0 unspecified atom stereocenters. The van der Waals surface area contributed by atoms with Crippen molar-refractivity contribution in [2.75, 3.05) is 0 Å². The summed E-state index contributed by atoms with van der Waals surface area (Å²) in [4.78, 5) is 15.5. The molecule has 0 atom stereocenters. The highest BCUT2D eigenvalue weighted by Gasteiger charge is 2.20. The molecule has 0 spiro atoms. The molecule has 0 saturated heterocycles. The first-order valence-electron chi connectivity index (χ1n) is 18.0. The van der Waals surface area contributed by atoms with E-state index in [0.717, 1.165) is 71.7 Å². The molecule has 0 N–H and O–H groups in total. The van der Waals surface area contributed by atoms with Crippen LogP contribution in [-0.2, 0) is 0 Å². The molecule has 5 heteroatoms. The Balaban J connectivity index is 1.14. The van der Waals surface area contributed by atoms with Gasteiger partial charge in [-0.15, -0.1) is 11.3 Å². The first kappa shape index (κ1) is 30.7. The van der Waals surface area contributed by atoms with Gasteiger partial charge >= 0.3 is 0 Å². The van der Waals surface area contributed by atoms with Crippen molar-refractivity contribution in [3.8, 4) is 56.4 Å². The van der Waals surface area contributed by atoms with Crippen molar-refractivity contribution in [1.29, 1.82) is 0 Å².